The van der Waals surface area contributed by atoms with Crippen molar-refractivity contribution in [1.29, 1.82) is 0 Å². The van der Waals surface area contributed by atoms with Gasteiger partial charge < -0.3 is 16.4 Å². The van der Waals surface area contributed by atoms with E-state index in [0.717, 1.165) is 29.4 Å². The lowest BCUT2D eigenvalue weighted by atomic mass is 10.2. The van der Waals surface area contributed by atoms with Crippen LogP contribution < -0.4 is 16.4 Å². The lowest BCUT2D eigenvalue weighted by Gasteiger charge is -2.08. The molecule has 7 heteroatoms. The standard InChI is InChI=1S/C16H16N6O/c17-14-8-15(19-9-18-14)20-12-3-4-13-10(7-12)5-6-22(13)16(23)21-11-1-2-11/h3-9,11H,1-2H2,(H,21,23)(H3,17,18,19,20). The molecule has 0 unspecified atom stereocenters. The van der Waals surface area contributed by atoms with Gasteiger partial charge in [0.05, 0.1) is 5.52 Å². The Morgan fingerprint density at radius 1 is 1.22 bits per heavy atom. The van der Waals surface area contributed by atoms with Crippen molar-refractivity contribution in [2.45, 2.75) is 18.9 Å². The summed E-state index contributed by atoms with van der Waals surface area (Å²) >= 11 is 0. The molecule has 4 N–H and O–H groups in total. The number of nitrogens with one attached hydrogen (secondary N) is 2. The predicted molar refractivity (Wildman–Crippen MR) is 88.6 cm³/mol. The quantitative estimate of drug-likeness (QED) is 0.690. The summed E-state index contributed by atoms with van der Waals surface area (Å²) in [7, 11) is 0. The highest BCUT2D eigenvalue weighted by molar-refractivity contribution is 5.93. The van der Waals surface area contributed by atoms with E-state index in [1.165, 1.54) is 6.33 Å². The first-order chi connectivity index (χ1) is 11.2. The number of nitrogens with zero attached hydrogens (tertiary/aromatic N) is 3. The average molecular weight is 308 g/mol. The maximum Gasteiger partial charge on any atom is 0.326 e. The molecule has 0 atom stereocenters. The lowest BCUT2D eigenvalue weighted by molar-refractivity contribution is 0.243. The molecule has 0 spiro atoms. The summed E-state index contributed by atoms with van der Waals surface area (Å²) in [5, 5.41) is 7.14. The van der Waals surface area contributed by atoms with Gasteiger partial charge in [-0.25, -0.2) is 14.8 Å². The van der Waals surface area contributed by atoms with E-state index in [1.807, 2.05) is 24.3 Å². The molecule has 116 valence electrons. The van der Waals surface area contributed by atoms with E-state index in [-0.39, 0.29) is 6.03 Å². The fourth-order valence-electron chi connectivity index (χ4n) is 2.46. The van der Waals surface area contributed by atoms with E-state index >= 15 is 0 Å². The normalized spacial score (nSPS) is 13.9. The smallest absolute Gasteiger partial charge is 0.326 e. The zero-order valence-corrected chi connectivity index (χ0v) is 12.4. The Balaban J connectivity index is 1.60. The zero-order valence-electron chi connectivity index (χ0n) is 12.4. The van der Waals surface area contributed by atoms with Gasteiger partial charge in [0.2, 0.25) is 0 Å². The summed E-state index contributed by atoms with van der Waals surface area (Å²) in [6.45, 7) is 0. The van der Waals surface area contributed by atoms with Gasteiger partial charge in [0.1, 0.15) is 18.0 Å². The van der Waals surface area contributed by atoms with Crippen molar-refractivity contribution in [3.05, 3.63) is 42.9 Å². The molecule has 0 aliphatic heterocycles. The molecule has 7 nitrogen and oxygen atoms in total. The van der Waals surface area contributed by atoms with Crippen LogP contribution in [0.3, 0.4) is 0 Å². The number of hydrogen-bond acceptors (Lipinski definition) is 5. The van der Waals surface area contributed by atoms with Crippen molar-refractivity contribution in [2.75, 3.05) is 11.1 Å². The van der Waals surface area contributed by atoms with Gasteiger partial charge in [-0.3, -0.25) is 4.57 Å². The summed E-state index contributed by atoms with van der Waals surface area (Å²) in [6.07, 6.45) is 5.34. The van der Waals surface area contributed by atoms with Gasteiger partial charge in [0, 0.05) is 29.4 Å². The van der Waals surface area contributed by atoms with Crippen LogP contribution in [0.5, 0.6) is 0 Å². The van der Waals surface area contributed by atoms with Crippen molar-refractivity contribution in [1.82, 2.24) is 19.9 Å². The lowest BCUT2D eigenvalue weighted by Crippen LogP contribution is -2.29. The number of fused-ring (bicyclic) bond motifs is 1. The van der Waals surface area contributed by atoms with Crippen molar-refractivity contribution in [3.8, 4) is 0 Å². The molecule has 0 bridgehead atoms. The Kier molecular flexibility index (Phi) is 3.11. The van der Waals surface area contributed by atoms with Gasteiger partial charge in [0.15, 0.2) is 0 Å². The van der Waals surface area contributed by atoms with Crippen molar-refractivity contribution in [2.24, 2.45) is 0 Å². The SMILES string of the molecule is Nc1cc(Nc2ccc3c(ccn3C(=O)NC3CC3)c2)ncn1. The van der Waals surface area contributed by atoms with E-state index in [0.29, 0.717) is 17.7 Å². The fraction of sp³-hybridized carbons (Fsp3) is 0.188. The minimum absolute atomic E-state index is 0.0771. The van der Waals surface area contributed by atoms with Gasteiger partial charge in [-0.15, -0.1) is 0 Å². The monoisotopic (exact) mass is 308 g/mol. The van der Waals surface area contributed by atoms with E-state index in [4.69, 9.17) is 5.73 Å². The number of nitrogen functional groups attached to an aromatic ring is 1. The second-order valence-electron chi connectivity index (χ2n) is 5.64. The number of carbonyl (C=O) groups is 1. The summed E-state index contributed by atoms with van der Waals surface area (Å²) < 4.78 is 1.64. The highest BCUT2D eigenvalue weighted by Crippen LogP contribution is 2.24. The van der Waals surface area contributed by atoms with Crippen molar-refractivity contribution in [3.63, 3.8) is 0 Å². The highest BCUT2D eigenvalue weighted by atomic mass is 16.2. The van der Waals surface area contributed by atoms with E-state index in [1.54, 1.807) is 16.8 Å². The molecular formula is C16H16N6O. The number of benzene rings is 1. The molecule has 1 saturated carbocycles. The highest BCUT2D eigenvalue weighted by Gasteiger charge is 2.24. The van der Waals surface area contributed by atoms with Crippen LogP contribution in [0.1, 0.15) is 12.8 Å². The summed E-state index contributed by atoms with van der Waals surface area (Å²) in [6, 6.07) is 9.63. The average Bonchev–Trinajstić information content (AvgIpc) is 3.24. The molecule has 1 amide bonds. The number of hydrogen-bond donors (Lipinski definition) is 3. The van der Waals surface area contributed by atoms with E-state index in [2.05, 4.69) is 20.6 Å². The van der Waals surface area contributed by atoms with Gasteiger partial charge in [-0.05, 0) is 37.1 Å². The number of amides is 1. The number of aromatic nitrogens is 3. The number of nitrogens with two attached hydrogens (primary N) is 1. The van der Waals surface area contributed by atoms with Crippen LogP contribution in [0.15, 0.2) is 42.9 Å². The molecule has 0 saturated heterocycles. The van der Waals surface area contributed by atoms with Gasteiger partial charge in [-0.1, -0.05) is 0 Å². The van der Waals surface area contributed by atoms with Crippen LogP contribution in [0.4, 0.5) is 22.1 Å². The molecule has 23 heavy (non-hydrogen) atoms. The second-order valence-corrected chi connectivity index (χ2v) is 5.64. The Morgan fingerprint density at radius 3 is 2.87 bits per heavy atom. The minimum Gasteiger partial charge on any atom is -0.384 e. The molecule has 3 aromatic rings. The molecule has 2 heterocycles. The molecule has 2 aromatic heterocycles. The fourth-order valence-corrected chi connectivity index (χ4v) is 2.46. The first-order valence-corrected chi connectivity index (χ1v) is 7.45. The minimum atomic E-state index is -0.0771. The summed E-state index contributed by atoms with van der Waals surface area (Å²) in [4.78, 5) is 20.2. The molecule has 1 aromatic carbocycles. The first kappa shape index (κ1) is 13.6. The van der Waals surface area contributed by atoms with Gasteiger partial charge in [-0.2, -0.15) is 0 Å². The maximum absolute atomic E-state index is 12.2. The summed E-state index contributed by atoms with van der Waals surface area (Å²) in [5.74, 6) is 1.04. The van der Waals surface area contributed by atoms with E-state index in [9.17, 15) is 4.79 Å². The topological polar surface area (TPSA) is 97.9 Å². The third-order valence-corrected chi connectivity index (χ3v) is 3.77. The van der Waals surface area contributed by atoms with Gasteiger partial charge in [0.25, 0.3) is 0 Å². The third-order valence-electron chi connectivity index (χ3n) is 3.77. The first-order valence-electron chi connectivity index (χ1n) is 7.45. The molecule has 0 radical (unpaired) electrons. The molecule has 4 rings (SSSR count). The Hall–Kier alpha value is -3.09. The number of anilines is 3. The van der Waals surface area contributed by atoms with Crippen LogP contribution in [-0.4, -0.2) is 26.6 Å². The second kappa shape index (κ2) is 5.28. The van der Waals surface area contributed by atoms with Crippen molar-refractivity contribution >= 4 is 34.3 Å². The Labute approximate surface area is 132 Å². The van der Waals surface area contributed by atoms with Crippen molar-refractivity contribution < 1.29 is 4.79 Å². The largest absolute Gasteiger partial charge is 0.384 e. The third kappa shape index (κ3) is 2.80. The molecule has 1 aliphatic rings. The zero-order chi connectivity index (χ0) is 15.8. The van der Waals surface area contributed by atoms with Crippen LogP contribution in [0.25, 0.3) is 10.9 Å². The molecule has 1 fully saturated rings. The predicted octanol–water partition coefficient (Wildman–Crippen LogP) is 2.48. The van der Waals surface area contributed by atoms with Gasteiger partial charge >= 0.3 is 6.03 Å². The van der Waals surface area contributed by atoms with E-state index < -0.39 is 0 Å². The number of rotatable bonds is 3. The van der Waals surface area contributed by atoms with Crippen LogP contribution in [0.2, 0.25) is 0 Å². The van der Waals surface area contributed by atoms with Crippen LogP contribution in [0, 0.1) is 0 Å². The molecular weight excluding hydrogens is 292 g/mol. The summed E-state index contributed by atoms with van der Waals surface area (Å²) in [5.41, 5.74) is 7.39. The van der Waals surface area contributed by atoms with Crippen LogP contribution in [-0.2, 0) is 0 Å². The number of carbonyl (C=O) groups excluding carboxylic acids is 1. The van der Waals surface area contributed by atoms with Crippen LogP contribution >= 0.6 is 0 Å². The molecule has 1 aliphatic carbocycles. The Morgan fingerprint density at radius 2 is 2.09 bits per heavy atom. The Bertz CT molecular complexity index is 883. The maximum atomic E-state index is 12.2.